The topological polar surface area (TPSA) is 116 Å². The average Bonchev–Trinajstić information content (AvgIpc) is 2.55. The molecule has 106 valence electrons. The molecule has 19 heavy (non-hydrogen) atoms. The van der Waals surface area contributed by atoms with Crippen LogP contribution in [-0.2, 0) is 9.59 Å². The molecule has 0 amide bonds. The third-order valence-corrected chi connectivity index (χ3v) is 4.86. The molecule has 5 N–H and O–H groups in total. The van der Waals surface area contributed by atoms with Gasteiger partial charge in [0.25, 0.3) is 0 Å². The van der Waals surface area contributed by atoms with Crippen molar-refractivity contribution in [3.05, 3.63) is 0 Å². The molecule has 7 heteroatoms. The van der Waals surface area contributed by atoms with Crippen LogP contribution in [0.1, 0.15) is 25.7 Å². The highest BCUT2D eigenvalue weighted by molar-refractivity contribution is 5.80. The SMILES string of the molecule is NC1CC(C(=O)O)N(CNC23CC(C(=O)O)(C2)C3)C1. The number of hydrogen-bond acceptors (Lipinski definition) is 5. The first-order chi connectivity index (χ1) is 8.86. The monoisotopic (exact) mass is 269 g/mol. The molecule has 2 atom stereocenters. The molecule has 2 bridgehead atoms. The lowest BCUT2D eigenvalue weighted by molar-refractivity contribution is -0.200. The van der Waals surface area contributed by atoms with Crippen LogP contribution in [0.3, 0.4) is 0 Å². The van der Waals surface area contributed by atoms with Crippen LogP contribution in [0.2, 0.25) is 0 Å². The second kappa shape index (κ2) is 3.91. The lowest BCUT2D eigenvalue weighted by atomic mass is 9.39. The van der Waals surface area contributed by atoms with Crippen LogP contribution >= 0.6 is 0 Å². The summed E-state index contributed by atoms with van der Waals surface area (Å²) in [6, 6.07) is -0.621. The Kier molecular flexibility index (Phi) is 2.64. The average molecular weight is 269 g/mol. The van der Waals surface area contributed by atoms with Gasteiger partial charge in [0.2, 0.25) is 0 Å². The Morgan fingerprint density at radius 3 is 2.47 bits per heavy atom. The Bertz CT molecular complexity index is 419. The van der Waals surface area contributed by atoms with Gasteiger partial charge in [-0.25, -0.2) is 0 Å². The van der Waals surface area contributed by atoms with Gasteiger partial charge in [0.15, 0.2) is 0 Å². The molecule has 4 aliphatic rings. The smallest absolute Gasteiger partial charge is 0.321 e. The van der Waals surface area contributed by atoms with Crippen LogP contribution in [0.4, 0.5) is 0 Å². The van der Waals surface area contributed by atoms with Crippen molar-refractivity contribution in [1.29, 1.82) is 0 Å². The summed E-state index contributed by atoms with van der Waals surface area (Å²) >= 11 is 0. The molecule has 1 heterocycles. The van der Waals surface area contributed by atoms with Gasteiger partial charge < -0.3 is 15.9 Å². The van der Waals surface area contributed by atoms with Gasteiger partial charge in [-0.2, -0.15) is 0 Å². The first kappa shape index (κ1) is 12.8. The van der Waals surface area contributed by atoms with Gasteiger partial charge in [-0.1, -0.05) is 0 Å². The fourth-order valence-corrected chi connectivity index (χ4v) is 3.84. The summed E-state index contributed by atoms with van der Waals surface area (Å²) < 4.78 is 0. The molecule has 4 rings (SSSR count). The standard InChI is InChI=1S/C12H19N3O4/c13-7-1-8(9(16)17)15(2-7)6-14-12-3-11(4-12,5-12)10(18)19/h7-8,14H,1-6,13H2,(H,16,17)(H,18,19). The maximum Gasteiger partial charge on any atom is 0.321 e. The first-order valence-corrected chi connectivity index (χ1v) is 6.57. The molecule has 1 aliphatic heterocycles. The zero-order valence-electron chi connectivity index (χ0n) is 10.6. The van der Waals surface area contributed by atoms with Crippen molar-refractivity contribution in [3.8, 4) is 0 Å². The predicted molar refractivity (Wildman–Crippen MR) is 65.4 cm³/mol. The van der Waals surface area contributed by atoms with E-state index < -0.39 is 23.4 Å². The van der Waals surface area contributed by atoms with Crippen molar-refractivity contribution < 1.29 is 19.8 Å². The van der Waals surface area contributed by atoms with E-state index >= 15 is 0 Å². The Hall–Kier alpha value is -1.18. The highest BCUT2D eigenvalue weighted by Gasteiger charge is 2.71. The molecule has 1 saturated heterocycles. The fraction of sp³-hybridized carbons (Fsp3) is 0.833. The van der Waals surface area contributed by atoms with E-state index in [0.29, 0.717) is 38.9 Å². The van der Waals surface area contributed by atoms with E-state index in [1.54, 1.807) is 0 Å². The third kappa shape index (κ3) is 1.84. The van der Waals surface area contributed by atoms with E-state index in [-0.39, 0.29) is 11.6 Å². The minimum Gasteiger partial charge on any atom is -0.481 e. The Morgan fingerprint density at radius 1 is 1.32 bits per heavy atom. The van der Waals surface area contributed by atoms with Crippen LogP contribution in [0, 0.1) is 5.41 Å². The number of nitrogens with zero attached hydrogens (tertiary/aromatic N) is 1. The number of carboxylic acids is 2. The van der Waals surface area contributed by atoms with Gasteiger partial charge >= 0.3 is 11.9 Å². The molecular weight excluding hydrogens is 250 g/mol. The summed E-state index contributed by atoms with van der Waals surface area (Å²) in [6.45, 7) is 1.05. The summed E-state index contributed by atoms with van der Waals surface area (Å²) in [7, 11) is 0. The highest BCUT2D eigenvalue weighted by Crippen LogP contribution is 2.67. The third-order valence-electron chi connectivity index (χ3n) is 4.86. The molecule has 0 aromatic carbocycles. The quantitative estimate of drug-likeness (QED) is 0.507. The summed E-state index contributed by atoms with van der Waals surface area (Å²) in [5.41, 5.74) is 5.22. The summed E-state index contributed by atoms with van der Waals surface area (Å²) in [5, 5.41) is 21.5. The van der Waals surface area contributed by atoms with Crippen molar-refractivity contribution in [3.63, 3.8) is 0 Å². The first-order valence-electron chi connectivity index (χ1n) is 6.57. The number of aliphatic carboxylic acids is 2. The van der Waals surface area contributed by atoms with Crippen LogP contribution in [0.25, 0.3) is 0 Å². The van der Waals surface area contributed by atoms with E-state index in [4.69, 9.17) is 15.9 Å². The lowest BCUT2D eigenvalue weighted by Gasteiger charge is -2.68. The van der Waals surface area contributed by atoms with E-state index in [1.807, 2.05) is 4.90 Å². The van der Waals surface area contributed by atoms with Gasteiger partial charge in [0.1, 0.15) is 6.04 Å². The normalized spacial score (nSPS) is 44.5. The van der Waals surface area contributed by atoms with Crippen LogP contribution in [-0.4, -0.2) is 57.9 Å². The minimum absolute atomic E-state index is 0.0753. The number of hydrogen-bond donors (Lipinski definition) is 4. The molecule has 3 aliphatic carbocycles. The Labute approximate surface area is 110 Å². The Morgan fingerprint density at radius 2 is 1.95 bits per heavy atom. The van der Waals surface area contributed by atoms with Gasteiger partial charge in [-0.05, 0) is 25.7 Å². The van der Waals surface area contributed by atoms with Crippen molar-refractivity contribution in [2.24, 2.45) is 11.1 Å². The van der Waals surface area contributed by atoms with E-state index in [1.165, 1.54) is 0 Å². The summed E-state index contributed by atoms with van der Waals surface area (Å²) in [4.78, 5) is 23.9. The van der Waals surface area contributed by atoms with Gasteiger partial charge in [-0.15, -0.1) is 0 Å². The second-order valence-corrected chi connectivity index (χ2v) is 6.35. The maximum atomic E-state index is 11.1. The molecule has 7 nitrogen and oxygen atoms in total. The molecule has 4 fully saturated rings. The number of likely N-dealkylation sites (tertiary alicyclic amines) is 1. The number of nitrogens with two attached hydrogens (primary N) is 1. The minimum atomic E-state index is -0.839. The largest absolute Gasteiger partial charge is 0.481 e. The van der Waals surface area contributed by atoms with Crippen molar-refractivity contribution in [2.75, 3.05) is 13.2 Å². The van der Waals surface area contributed by atoms with E-state index in [0.717, 1.165) is 0 Å². The van der Waals surface area contributed by atoms with Crippen molar-refractivity contribution >= 4 is 11.9 Å². The van der Waals surface area contributed by atoms with Crippen molar-refractivity contribution in [2.45, 2.75) is 43.3 Å². The number of rotatable bonds is 5. The lowest BCUT2D eigenvalue weighted by Crippen LogP contribution is -2.77. The summed E-state index contributed by atoms with van der Waals surface area (Å²) in [5.74, 6) is -1.54. The van der Waals surface area contributed by atoms with Crippen LogP contribution in [0.15, 0.2) is 0 Å². The molecule has 0 spiro atoms. The molecule has 0 aromatic rings. The zero-order chi connectivity index (χ0) is 13.8. The van der Waals surface area contributed by atoms with Gasteiger partial charge in [-0.3, -0.25) is 19.8 Å². The number of carbonyl (C=O) groups is 2. The maximum absolute atomic E-state index is 11.1. The predicted octanol–water partition coefficient (Wildman–Crippen LogP) is -0.973. The van der Waals surface area contributed by atoms with E-state index in [2.05, 4.69) is 5.32 Å². The van der Waals surface area contributed by atoms with Crippen molar-refractivity contribution in [1.82, 2.24) is 10.2 Å². The molecule has 0 radical (unpaired) electrons. The fourth-order valence-electron chi connectivity index (χ4n) is 3.84. The summed E-state index contributed by atoms with van der Waals surface area (Å²) in [6.07, 6.45) is 2.45. The van der Waals surface area contributed by atoms with Crippen LogP contribution < -0.4 is 11.1 Å². The molecule has 0 aromatic heterocycles. The molecule has 3 saturated carbocycles. The van der Waals surface area contributed by atoms with Gasteiger partial charge in [0.05, 0.1) is 5.41 Å². The Balaban J connectivity index is 1.52. The molecular formula is C12H19N3O4. The van der Waals surface area contributed by atoms with Gasteiger partial charge in [0, 0.05) is 24.8 Å². The second-order valence-electron chi connectivity index (χ2n) is 6.35. The highest BCUT2D eigenvalue weighted by atomic mass is 16.4. The number of carboxylic acid groups (broad SMARTS) is 2. The van der Waals surface area contributed by atoms with E-state index in [9.17, 15) is 9.59 Å². The number of nitrogens with one attached hydrogen (secondary N) is 1. The molecule has 2 unspecified atom stereocenters. The van der Waals surface area contributed by atoms with Crippen LogP contribution in [0.5, 0.6) is 0 Å². The zero-order valence-corrected chi connectivity index (χ0v) is 10.6.